The second-order valence-corrected chi connectivity index (χ2v) is 11.3. The molecule has 178 valence electrons. The Morgan fingerprint density at radius 1 is 0.368 bits per heavy atom. The molecule has 1 heterocycles. The van der Waals surface area contributed by atoms with E-state index in [9.17, 15) is 4.21 Å². The largest absolute Gasteiger partial charge is 0.249 e. The van der Waals surface area contributed by atoms with Gasteiger partial charge in [0, 0.05) is 5.56 Å². The van der Waals surface area contributed by atoms with Crippen LogP contribution in [0.3, 0.4) is 0 Å². The molecular formula is C36H22OS. The van der Waals surface area contributed by atoms with E-state index in [1.165, 1.54) is 37.9 Å². The molecule has 0 radical (unpaired) electrons. The molecule has 0 spiro atoms. The molecule has 8 rings (SSSR count). The zero-order chi connectivity index (χ0) is 25.2. The average Bonchev–Trinajstić information content (AvgIpc) is 3.29. The second kappa shape index (κ2) is 8.24. The van der Waals surface area contributed by atoms with Gasteiger partial charge in [-0.3, -0.25) is 0 Å². The van der Waals surface area contributed by atoms with Crippen molar-refractivity contribution in [2.24, 2.45) is 0 Å². The Kier molecular flexibility index (Phi) is 4.67. The van der Waals surface area contributed by atoms with Gasteiger partial charge in [0.05, 0.1) is 20.6 Å². The summed E-state index contributed by atoms with van der Waals surface area (Å²) in [7, 11) is -1.18. The highest BCUT2D eigenvalue weighted by Crippen LogP contribution is 2.45. The van der Waals surface area contributed by atoms with E-state index < -0.39 is 10.8 Å². The van der Waals surface area contributed by atoms with Gasteiger partial charge < -0.3 is 0 Å². The van der Waals surface area contributed by atoms with Crippen LogP contribution in [0.1, 0.15) is 0 Å². The fourth-order valence-corrected chi connectivity index (χ4v) is 7.65. The van der Waals surface area contributed by atoms with Gasteiger partial charge >= 0.3 is 0 Å². The fraction of sp³-hybridized carbons (Fsp3) is 0. The molecule has 0 aliphatic carbocycles. The molecule has 2 heteroatoms. The van der Waals surface area contributed by atoms with Gasteiger partial charge in [0.1, 0.15) is 0 Å². The molecule has 1 atom stereocenters. The first-order valence-electron chi connectivity index (χ1n) is 12.9. The maximum Gasteiger partial charge on any atom is 0.0868 e. The van der Waals surface area contributed by atoms with Crippen LogP contribution in [0.15, 0.2) is 143 Å². The van der Waals surface area contributed by atoms with Crippen LogP contribution >= 0.6 is 0 Å². The summed E-state index contributed by atoms with van der Waals surface area (Å²) in [6.45, 7) is 0. The predicted molar refractivity (Wildman–Crippen MR) is 160 cm³/mol. The van der Waals surface area contributed by atoms with E-state index in [1.54, 1.807) is 0 Å². The normalized spacial score (nSPS) is 14.2. The van der Waals surface area contributed by atoms with Crippen molar-refractivity contribution < 1.29 is 4.21 Å². The zero-order valence-electron chi connectivity index (χ0n) is 20.5. The molecule has 1 nitrogen and oxygen atoms in total. The Bertz CT molecular complexity index is 2070. The van der Waals surface area contributed by atoms with Gasteiger partial charge in [-0.05, 0) is 78.3 Å². The summed E-state index contributed by atoms with van der Waals surface area (Å²) in [5.41, 5.74) is 6.61. The van der Waals surface area contributed by atoms with E-state index in [-0.39, 0.29) is 0 Å². The zero-order valence-corrected chi connectivity index (χ0v) is 21.3. The van der Waals surface area contributed by atoms with Crippen LogP contribution in [0.4, 0.5) is 0 Å². The summed E-state index contributed by atoms with van der Waals surface area (Å²) < 4.78 is 13.5. The number of fused-ring (bicyclic) bond motifs is 9. The topological polar surface area (TPSA) is 17.1 Å². The number of rotatable bonds is 2. The number of hydrogen-bond acceptors (Lipinski definition) is 1. The molecule has 0 N–H and O–H groups in total. The molecule has 1 aliphatic heterocycles. The van der Waals surface area contributed by atoms with Crippen LogP contribution in [0.25, 0.3) is 65.7 Å². The predicted octanol–water partition coefficient (Wildman–Crippen LogP) is 9.63. The Hall–Kier alpha value is -4.53. The lowest BCUT2D eigenvalue weighted by Gasteiger charge is -2.13. The second-order valence-electron chi connectivity index (χ2n) is 9.88. The lowest BCUT2D eigenvalue weighted by Crippen LogP contribution is -1.91. The van der Waals surface area contributed by atoms with Gasteiger partial charge in [0.2, 0.25) is 0 Å². The van der Waals surface area contributed by atoms with Gasteiger partial charge in [0.25, 0.3) is 0 Å². The summed E-state index contributed by atoms with van der Waals surface area (Å²) in [5.74, 6) is 0. The van der Waals surface area contributed by atoms with E-state index in [4.69, 9.17) is 0 Å². The fourth-order valence-electron chi connectivity index (χ4n) is 6.09. The SMILES string of the molecule is O=S1c2ccccc2-c2cccc(-c3cccc(-c4ccc5c6ccccc6c6ccccc6c5c4)c3)c21. The lowest BCUT2D eigenvalue weighted by molar-refractivity contribution is 0.685. The quantitative estimate of drug-likeness (QED) is 0.215. The van der Waals surface area contributed by atoms with Gasteiger partial charge in [-0.2, -0.15) is 0 Å². The molecular weight excluding hydrogens is 480 g/mol. The van der Waals surface area contributed by atoms with Crippen molar-refractivity contribution in [3.05, 3.63) is 133 Å². The van der Waals surface area contributed by atoms with Crippen molar-refractivity contribution >= 4 is 43.1 Å². The minimum atomic E-state index is -1.18. The summed E-state index contributed by atoms with van der Waals surface area (Å²) in [6.07, 6.45) is 0. The minimum Gasteiger partial charge on any atom is -0.249 e. The smallest absolute Gasteiger partial charge is 0.0868 e. The van der Waals surface area contributed by atoms with Crippen LogP contribution in [0.2, 0.25) is 0 Å². The highest BCUT2D eigenvalue weighted by Gasteiger charge is 2.28. The summed E-state index contributed by atoms with van der Waals surface area (Å²) >= 11 is 0. The van der Waals surface area contributed by atoms with E-state index in [2.05, 4.69) is 115 Å². The minimum absolute atomic E-state index is 0.903. The molecule has 1 unspecified atom stereocenters. The molecule has 1 aliphatic rings. The van der Waals surface area contributed by atoms with Crippen LogP contribution in [-0.2, 0) is 10.8 Å². The molecule has 0 amide bonds. The maximum atomic E-state index is 13.5. The maximum absolute atomic E-state index is 13.5. The van der Waals surface area contributed by atoms with Crippen molar-refractivity contribution in [1.29, 1.82) is 0 Å². The summed E-state index contributed by atoms with van der Waals surface area (Å²) in [4.78, 5) is 1.82. The Labute approximate surface area is 223 Å². The number of hydrogen-bond donors (Lipinski definition) is 0. The third-order valence-corrected chi connectivity index (χ3v) is 9.39. The van der Waals surface area contributed by atoms with E-state index in [0.717, 1.165) is 37.6 Å². The standard InChI is InChI=1S/C36H22OS/c37-38-35-18-6-5-15-32(35)33-17-8-16-26(36(33)38)25-10-7-9-23(21-25)24-19-20-31-29-13-2-1-11-27(29)28-12-3-4-14-30(28)34(31)22-24/h1-22H. The van der Waals surface area contributed by atoms with Crippen LogP contribution in [0.5, 0.6) is 0 Å². The van der Waals surface area contributed by atoms with Crippen LogP contribution < -0.4 is 0 Å². The summed E-state index contributed by atoms with van der Waals surface area (Å²) in [5, 5.41) is 7.66. The first kappa shape index (κ1) is 21.5. The monoisotopic (exact) mass is 502 g/mol. The third kappa shape index (κ3) is 3.08. The highest BCUT2D eigenvalue weighted by atomic mass is 32.2. The van der Waals surface area contributed by atoms with Crippen molar-refractivity contribution in [2.75, 3.05) is 0 Å². The molecule has 38 heavy (non-hydrogen) atoms. The molecule has 0 bridgehead atoms. The first-order chi connectivity index (χ1) is 18.8. The molecule has 0 saturated carbocycles. The third-order valence-electron chi connectivity index (χ3n) is 7.83. The van der Waals surface area contributed by atoms with Crippen molar-refractivity contribution in [3.63, 3.8) is 0 Å². The van der Waals surface area contributed by atoms with E-state index in [1.807, 2.05) is 18.2 Å². The highest BCUT2D eigenvalue weighted by molar-refractivity contribution is 7.86. The molecule has 0 saturated heterocycles. The first-order valence-corrected chi connectivity index (χ1v) is 14.0. The van der Waals surface area contributed by atoms with Crippen molar-refractivity contribution in [2.45, 2.75) is 9.79 Å². The molecule has 0 fully saturated rings. The van der Waals surface area contributed by atoms with E-state index >= 15 is 0 Å². The van der Waals surface area contributed by atoms with Crippen molar-refractivity contribution in [1.82, 2.24) is 0 Å². The average molecular weight is 503 g/mol. The van der Waals surface area contributed by atoms with Crippen LogP contribution in [-0.4, -0.2) is 4.21 Å². The molecule has 7 aromatic carbocycles. The van der Waals surface area contributed by atoms with Gasteiger partial charge in [0.15, 0.2) is 0 Å². The number of benzene rings is 7. The van der Waals surface area contributed by atoms with Gasteiger partial charge in [-0.15, -0.1) is 0 Å². The summed E-state index contributed by atoms with van der Waals surface area (Å²) in [6, 6.07) is 47.1. The Morgan fingerprint density at radius 3 is 1.66 bits per heavy atom. The van der Waals surface area contributed by atoms with E-state index in [0.29, 0.717) is 0 Å². The van der Waals surface area contributed by atoms with Gasteiger partial charge in [-0.25, -0.2) is 4.21 Å². The Morgan fingerprint density at radius 2 is 0.895 bits per heavy atom. The lowest BCUT2D eigenvalue weighted by atomic mass is 9.91. The molecule has 0 aromatic heterocycles. The molecule has 7 aromatic rings. The van der Waals surface area contributed by atoms with Crippen molar-refractivity contribution in [3.8, 4) is 33.4 Å². The van der Waals surface area contributed by atoms with Gasteiger partial charge in [-0.1, -0.05) is 115 Å². The Balaban J connectivity index is 1.32. The van der Waals surface area contributed by atoms with Crippen LogP contribution in [0, 0.1) is 0 Å².